The molecule has 0 aliphatic carbocycles. The van der Waals surface area contributed by atoms with Crippen LogP contribution in [0.3, 0.4) is 0 Å². The van der Waals surface area contributed by atoms with Crippen molar-refractivity contribution in [2.24, 2.45) is 5.73 Å². The van der Waals surface area contributed by atoms with Crippen molar-refractivity contribution in [1.82, 2.24) is 4.90 Å². The summed E-state index contributed by atoms with van der Waals surface area (Å²) in [6, 6.07) is 2.12. The maximum Gasteiger partial charge on any atom is 0.176 e. The summed E-state index contributed by atoms with van der Waals surface area (Å²) in [7, 11) is 5.32. The minimum atomic E-state index is -0.342. The van der Waals surface area contributed by atoms with Crippen LogP contribution in [0, 0.1) is 0 Å². The van der Waals surface area contributed by atoms with Gasteiger partial charge in [-0.25, -0.2) is 0 Å². The van der Waals surface area contributed by atoms with Crippen molar-refractivity contribution in [3.05, 3.63) is 22.4 Å². The van der Waals surface area contributed by atoms with Gasteiger partial charge in [0.15, 0.2) is 6.29 Å². The van der Waals surface area contributed by atoms with E-state index in [-0.39, 0.29) is 11.8 Å². The molecule has 1 atom stereocenters. The number of methoxy groups -OCH3 is 2. The van der Waals surface area contributed by atoms with Gasteiger partial charge in [0.1, 0.15) is 0 Å². The highest BCUT2D eigenvalue weighted by atomic mass is 32.1. The van der Waals surface area contributed by atoms with Crippen molar-refractivity contribution < 1.29 is 9.47 Å². The molecule has 0 fully saturated rings. The Morgan fingerprint density at radius 2 is 2.12 bits per heavy atom. The number of hydrogen-bond donors (Lipinski definition) is 1. The predicted molar refractivity (Wildman–Crippen MR) is 71.1 cm³/mol. The Morgan fingerprint density at radius 1 is 1.47 bits per heavy atom. The SMILES string of the molecule is COC(OC)C(C)(CN)N(C)Cc1ccsc1. The normalized spacial score (nSPS) is 15.5. The highest BCUT2D eigenvalue weighted by Crippen LogP contribution is 2.22. The van der Waals surface area contributed by atoms with Crippen LogP contribution in [-0.2, 0) is 16.0 Å². The van der Waals surface area contributed by atoms with Crippen LogP contribution in [-0.4, -0.2) is 44.5 Å². The number of thiophene rings is 1. The molecule has 4 nitrogen and oxygen atoms in total. The summed E-state index contributed by atoms with van der Waals surface area (Å²) >= 11 is 1.70. The lowest BCUT2D eigenvalue weighted by Gasteiger charge is -2.42. The molecule has 0 spiro atoms. The minimum Gasteiger partial charge on any atom is -0.354 e. The molecule has 98 valence electrons. The number of hydrogen-bond acceptors (Lipinski definition) is 5. The van der Waals surface area contributed by atoms with Crippen molar-refractivity contribution in [3.8, 4) is 0 Å². The van der Waals surface area contributed by atoms with Crippen LogP contribution in [0.15, 0.2) is 16.8 Å². The third-order valence-electron chi connectivity index (χ3n) is 3.22. The first-order valence-electron chi connectivity index (χ1n) is 5.56. The van der Waals surface area contributed by atoms with Gasteiger partial charge in [-0.2, -0.15) is 11.3 Å². The Kier molecular flexibility index (Phi) is 5.55. The Hall–Kier alpha value is -0.460. The molecule has 1 heterocycles. The fourth-order valence-corrected chi connectivity index (χ4v) is 2.53. The molecule has 0 saturated heterocycles. The summed E-state index contributed by atoms with van der Waals surface area (Å²) in [6.07, 6.45) is -0.337. The summed E-state index contributed by atoms with van der Waals surface area (Å²) in [4.78, 5) is 2.17. The topological polar surface area (TPSA) is 47.7 Å². The molecule has 17 heavy (non-hydrogen) atoms. The van der Waals surface area contributed by atoms with E-state index in [0.29, 0.717) is 6.54 Å². The Morgan fingerprint density at radius 3 is 2.53 bits per heavy atom. The fraction of sp³-hybridized carbons (Fsp3) is 0.667. The lowest BCUT2D eigenvalue weighted by atomic mass is 9.99. The van der Waals surface area contributed by atoms with E-state index in [9.17, 15) is 0 Å². The van der Waals surface area contributed by atoms with Crippen molar-refractivity contribution in [2.75, 3.05) is 27.8 Å². The monoisotopic (exact) mass is 258 g/mol. The van der Waals surface area contributed by atoms with Crippen LogP contribution in [0.1, 0.15) is 12.5 Å². The van der Waals surface area contributed by atoms with Gasteiger partial charge >= 0.3 is 0 Å². The molecule has 0 aromatic carbocycles. The van der Waals surface area contributed by atoms with E-state index in [4.69, 9.17) is 15.2 Å². The zero-order valence-corrected chi connectivity index (χ0v) is 11.8. The average Bonchev–Trinajstić information content (AvgIpc) is 2.82. The van der Waals surface area contributed by atoms with Gasteiger partial charge < -0.3 is 15.2 Å². The van der Waals surface area contributed by atoms with Crippen LogP contribution in [0.4, 0.5) is 0 Å². The largest absolute Gasteiger partial charge is 0.354 e. The van der Waals surface area contributed by atoms with Gasteiger partial charge in [-0.05, 0) is 36.4 Å². The van der Waals surface area contributed by atoms with Gasteiger partial charge in [0.05, 0.1) is 5.54 Å². The standard InChI is InChI=1S/C12H22N2O2S/c1-12(9-13,11(15-3)16-4)14(2)7-10-5-6-17-8-10/h5-6,8,11H,7,9,13H2,1-4H3. The summed E-state index contributed by atoms with van der Waals surface area (Å²) in [5.74, 6) is 0. The average molecular weight is 258 g/mol. The van der Waals surface area contributed by atoms with Crippen LogP contribution in [0.5, 0.6) is 0 Å². The van der Waals surface area contributed by atoms with E-state index in [2.05, 4.69) is 28.7 Å². The van der Waals surface area contributed by atoms with Gasteiger partial charge in [0, 0.05) is 27.3 Å². The Labute approximate surface area is 107 Å². The molecule has 0 bridgehead atoms. The quantitative estimate of drug-likeness (QED) is 0.753. The molecule has 5 heteroatoms. The smallest absolute Gasteiger partial charge is 0.176 e. The zero-order chi connectivity index (χ0) is 12.9. The second kappa shape index (κ2) is 6.47. The molecule has 1 unspecified atom stereocenters. The highest BCUT2D eigenvalue weighted by molar-refractivity contribution is 7.07. The number of rotatable bonds is 7. The second-order valence-electron chi connectivity index (χ2n) is 4.35. The van der Waals surface area contributed by atoms with Crippen LogP contribution < -0.4 is 5.73 Å². The lowest BCUT2D eigenvalue weighted by molar-refractivity contribution is -0.178. The fourth-order valence-electron chi connectivity index (χ4n) is 1.87. The maximum absolute atomic E-state index is 5.89. The van der Waals surface area contributed by atoms with Crippen molar-refractivity contribution >= 4 is 11.3 Å². The maximum atomic E-state index is 5.89. The molecule has 2 N–H and O–H groups in total. The van der Waals surface area contributed by atoms with Gasteiger partial charge in [-0.15, -0.1) is 0 Å². The molecule has 1 aromatic heterocycles. The van der Waals surface area contributed by atoms with E-state index in [0.717, 1.165) is 6.54 Å². The van der Waals surface area contributed by atoms with E-state index >= 15 is 0 Å². The van der Waals surface area contributed by atoms with Crippen molar-refractivity contribution in [1.29, 1.82) is 0 Å². The number of likely N-dealkylation sites (N-methyl/N-ethyl adjacent to an activating group) is 1. The number of nitrogens with two attached hydrogens (primary N) is 1. The zero-order valence-electron chi connectivity index (χ0n) is 11.0. The van der Waals surface area contributed by atoms with Crippen molar-refractivity contribution in [3.63, 3.8) is 0 Å². The lowest BCUT2D eigenvalue weighted by Crippen LogP contribution is -2.58. The highest BCUT2D eigenvalue weighted by Gasteiger charge is 2.37. The first-order chi connectivity index (χ1) is 8.08. The third kappa shape index (κ3) is 3.26. The summed E-state index contributed by atoms with van der Waals surface area (Å²) in [6.45, 7) is 3.36. The van der Waals surface area contributed by atoms with E-state index < -0.39 is 0 Å². The van der Waals surface area contributed by atoms with Gasteiger partial charge in [-0.1, -0.05) is 0 Å². The van der Waals surface area contributed by atoms with E-state index in [1.807, 2.05) is 7.05 Å². The van der Waals surface area contributed by atoms with Crippen LogP contribution in [0.25, 0.3) is 0 Å². The molecular weight excluding hydrogens is 236 g/mol. The number of ether oxygens (including phenoxy) is 2. The van der Waals surface area contributed by atoms with Crippen LogP contribution in [0.2, 0.25) is 0 Å². The van der Waals surface area contributed by atoms with E-state index in [1.165, 1.54) is 5.56 Å². The van der Waals surface area contributed by atoms with Gasteiger partial charge in [0.25, 0.3) is 0 Å². The molecule has 0 radical (unpaired) electrons. The summed E-state index contributed by atoms with van der Waals surface area (Å²) in [5, 5.41) is 4.22. The van der Waals surface area contributed by atoms with Gasteiger partial charge in [0.2, 0.25) is 0 Å². The minimum absolute atomic E-state index is 0.337. The first kappa shape index (κ1) is 14.6. The molecule has 0 amide bonds. The molecule has 0 aliphatic rings. The molecule has 0 saturated carbocycles. The Balaban J connectivity index is 2.77. The first-order valence-corrected chi connectivity index (χ1v) is 6.50. The molecule has 1 rings (SSSR count). The molecule has 1 aromatic rings. The third-order valence-corrected chi connectivity index (χ3v) is 3.95. The predicted octanol–water partition coefficient (Wildman–Crippen LogP) is 1.52. The number of nitrogens with zero attached hydrogens (tertiary/aromatic N) is 1. The van der Waals surface area contributed by atoms with Gasteiger partial charge in [-0.3, -0.25) is 4.90 Å². The Bertz CT molecular complexity index is 314. The van der Waals surface area contributed by atoms with E-state index in [1.54, 1.807) is 25.6 Å². The van der Waals surface area contributed by atoms with Crippen LogP contribution >= 0.6 is 11.3 Å². The summed E-state index contributed by atoms with van der Waals surface area (Å²) in [5.41, 5.74) is 6.83. The van der Waals surface area contributed by atoms with Crippen molar-refractivity contribution in [2.45, 2.75) is 25.3 Å². The molecule has 0 aliphatic heterocycles. The second-order valence-corrected chi connectivity index (χ2v) is 5.13. The summed E-state index contributed by atoms with van der Waals surface area (Å²) < 4.78 is 10.7. The molecular formula is C12H22N2O2S.